The van der Waals surface area contributed by atoms with Crippen LogP contribution in [0.5, 0.6) is 0 Å². The van der Waals surface area contributed by atoms with E-state index < -0.39 is 0 Å². The highest BCUT2D eigenvalue weighted by Crippen LogP contribution is 2.42. The number of fused-ring (bicyclic) bond motifs is 1. The zero-order valence-electron chi connectivity index (χ0n) is 13.4. The van der Waals surface area contributed by atoms with Crippen LogP contribution < -0.4 is 4.90 Å². The van der Waals surface area contributed by atoms with E-state index in [1.165, 1.54) is 23.2 Å². The normalized spacial score (nSPS) is 24.3. The molecule has 2 nitrogen and oxygen atoms in total. The van der Waals surface area contributed by atoms with Gasteiger partial charge in [0.2, 0.25) is 0 Å². The minimum Gasteiger partial charge on any atom is -0.363 e. The maximum Gasteiger partial charge on any atom is 0.138 e. The van der Waals surface area contributed by atoms with Gasteiger partial charge in [0, 0.05) is 24.6 Å². The van der Waals surface area contributed by atoms with E-state index in [0.29, 0.717) is 5.78 Å². The minimum atomic E-state index is 0.144. The van der Waals surface area contributed by atoms with Gasteiger partial charge in [-0.25, -0.2) is 0 Å². The predicted molar refractivity (Wildman–Crippen MR) is 93.6 cm³/mol. The number of hydrogen-bond acceptors (Lipinski definition) is 2. The van der Waals surface area contributed by atoms with Crippen molar-refractivity contribution in [3.63, 3.8) is 0 Å². The monoisotopic (exact) mass is 305 g/mol. The lowest BCUT2D eigenvalue weighted by atomic mass is 9.76. The Kier molecular flexibility index (Phi) is 3.90. The van der Waals surface area contributed by atoms with Crippen molar-refractivity contribution in [1.82, 2.24) is 0 Å². The van der Waals surface area contributed by atoms with Crippen LogP contribution in [-0.2, 0) is 11.2 Å². The van der Waals surface area contributed by atoms with Crippen molar-refractivity contribution in [1.29, 1.82) is 0 Å². The van der Waals surface area contributed by atoms with Crippen LogP contribution in [0.2, 0.25) is 0 Å². The van der Waals surface area contributed by atoms with E-state index in [1.807, 2.05) is 0 Å². The standard InChI is InChI=1S/C21H23NO/c23-20-13-7-6-12-19(20)21-18-11-5-4-8-16(18)14-15-22(21)17-9-2-1-3-10-17/h1-5,8-11,19,21H,6-7,12-15H2. The summed E-state index contributed by atoms with van der Waals surface area (Å²) in [4.78, 5) is 15.1. The van der Waals surface area contributed by atoms with E-state index in [-0.39, 0.29) is 12.0 Å². The molecule has 0 radical (unpaired) electrons. The quantitative estimate of drug-likeness (QED) is 0.811. The van der Waals surface area contributed by atoms with Crippen molar-refractivity contribution in [2.24, 2.45) is 5.92 Å². The van der Waals surface area contributed by atoms with Crippen molar-refractivity contribution in [2.75, 3.05) is 11.4 Å². The largest absolute Gasteiger partial charge is 0.363 e. The molecule has 118 valence electrons. The molecule has 0 saturated heterocycles. The van der Waals surface area contributed by atoms with Crippen LogP contribution in [-0.4, -0.2) is 12.3 Å². The van der Waals surface area contributed by atoms with Crippen LogP contribution in [0.3, 0.4) is 0 Å². The molecular formula is C21H23NO. The van der Waals surface area contributed by atoms with E-state index in [0.717, 1.165) is 32.2 Å². The third-order valence-electron chi connectivity index (χ3n) is 5.40. The molecule has 0 spiro atoms. The van der Waals surface area contributed by atoms with Gasteiger partial charge >= 0.3 is 0 Å². The number of rotatable bonds is 2. The third kappa shape index (κ3) is 2.67. The molecule has 2 aliphatic rings. The van der Waals surface area contributed by atoms with Gasteiger partial charge < -0.3 is 4.90 Å². The fourth-order valence-electron chi connectivity index (χ4n) is 4.29. The lowest BCUT2D eigenvalue weighted by Gasteiger charge is -2.43. The first-order chi connectivity index (χ1) is 11.3. The van der Waals surface area contributed by atoms with Crippen molar-refractivity contribution in [3.05, 3.63) is 65.7 Å². The van der Waals surface area contributed by atoms with E-state index in [2.05, 4.69) is 59.5 Å². The Morgan fingerprint density at radius 3 is 2.48 bits per heavy atom. The molecule has 1 aliphatic heterocycles. The van der Waals surface area contributed by atoms with Gasteiger partial charge in [-0.3, -0.25) is 4.79 Å². The predicted octanol–water partition coefficient (Wildman–Crippen LogP) is 4.55. The first kappa shape index (κ1) is 14.5. The lowest BCUT2D eigenvalue weighted by molar-refractivity contribution is -0.125. The van der Waals surface area contributed by atoms with Crippen molar-refractivity contribution < 1.29 is 4.79 Å². The van der Waals surface area contributed by atoms with Gasteiger partial charge in [0.1, 0.15) is 5.78 Å². The molecule has 2 atom stereocenters. The molecule has 1 saturated carbocycles. The number of para-hydroxylation sites is 1. The molecule has 2 aromatic carbocycles. The molecule has 0 N–H and O–H groups in total. The highest BCUT2D eigenvalue weighted by atomic mass is 16.1. The van der Waals surface area contributed by atoms with E-state index >= 15 is 0 Å². The summed E-state index contributed by atoms with van der Waals surface area (Å²) in [5, 5.41) is 0. The molecule has 4 rings (SSSR count). The summed E-state index contributed by atoms with van der Waals surface area (Å²) in [6.45, 7) is 0.996. The zero-order valence-corrected chi connectivity index (χ0v) is 13.4. The lowest BCUT2D eigenvalue weighted by Crippen LogP contribution is -2.42. The molecular weight excluding hydrogens is 282 g/mol. The maximum absolute atomic E-state index is 12.7. The topological polar surface area (TPSA) is 20.3 Å². The molecule has 1 fully saturated rings. The fraction of sp³-hybridized carbons (Fsp3) is 0.381. The average molecular weight is 305 g/mol. The number of Topliss-reactive ketones (excluding diaryl/α,β-unsaturated/α-hetero) is 1. The van der Waals surface area contributed by atoms with Crippen LogP contribution in [0.4, 0.5) is 5.69 Å². The molecule has 2 heteroatoms. The van der Waals surface area contributed by atoms with Crippen LogP contribution >= 0.6 is 0 Å². The molecule has 1 aliphatic carbocycles. The Bertz CT molecular complexity index is 694. The molecule has 1 heterocycles. The summed E-state index contributed by atoms with van der Waals surface area (Å²) in [7, 11) is 0. The summed E-state index contributed by atoms with van der Waals surface area (Å²) in [5.74, 6) is 0.601. The summed E-state index contributed by atoms with van der Waals surface area (Å²) in [6.07, 6.45) is 5.09. The Hall–Kier alpha value is -2.09. The summed E-state index contributed by atoms with van der Waals surface area (Å²) in [6, 6.07) is 19.5. The van der Waals surface area contributed by atoms with Gasteiger partial charge in [-0.2, -0.15) is 0 Å². The van der Waals surface area contributed by atoms with Gasteiger partial charge in [0.25, 0.3) is 0 Å². The van der Waals surface area contributed by atoms with Crippen LogP contribution in [0, 0.1) is 5.92 Å². The summed E-state index contributed by atoms with van der Waals surface area (Å²) < 4.78 is 0. The maximum atomic E-state index is 12.7. The second-order valence-electron chi connectivity index (χ2n) is 6.74. The number of ketones is 1. The Labute approximate surface area is 138 Å². The van der Waals surface area contributed by atoms with Gasteiger partial charge in [-0.05, 0) is 42.5 Å². The summed E-state index contributed by atoms with van der Waals surface area (Å²) in [5.41, 5.74) is 4.02. The van der Waals surface area contributed by atoms with E-state index in [4.69, 9.17) is 0 Å². The smallest absolute Gasteiger partial charge is 0.138 e. The van der Waals surface area contributed by atoms with Gasteiger partial charge in [0.05, 0.1) is 6.04 Å². The van der Waals surface area contributed by atoms with Crippen LogP contribution in [0.25, 0.3) is 0 Å². The average Bonchev–Trinajstić information content (AvgIpc) is 2.62. The van der Waals surface area contributed by atoms with E-state index in [1.54, 1.807) is 0 Å². The number of benzene rings is 2. The molecule has 2 aromatic rings. The Balaban J connectivity index is 1.78. The van der Waals surface area contributed by atoms with Crippen LogP contribution in [0.15, 0.2) is 54.6 Å². The summed E-state index contributed by atoms with van der Waals surface area (Å²) >= 11 is 0. The highest BCUT2D eigenvalue weighted by molar-refractivity contribution is 5.83. The number of anilines is 1. The zero-order chi connectivity index (χ0) is 15.6. The third-order valence-corrected chi connectivity index (χ3v) is 5.40. The van der Waals surface area contributed by atoms with Gasteiger partial charge in [-0.15, -0.1) is 0 Å². The molecule has 0 bridgehead atoms. The van der Waals surface area contributed by atoms with Crippen molar-refractivity contribution >= 4 is 11.5 Å². The van der Waals surface area contributed by atoms with Gasteiger partial charge in [-0.1, -0.05) is 48.9 Å². The number of hydrogen-bond donors (Lipinski definition) is 0. The van der Waals surface area contributed by atoms with Crippen molar-refractivity contribution in [2.45, 2.75) is 38.1 Å². The fourth-order valence-corrected chi connectivity index (χ4v) is 4.29. The SMILES string of the molecule is O=C1CCCCC1C1c2ccccc2CCN1c1ccccc1. The Morgan fingerprint density at radius 2 is 1.65 bits per heavy atom. The second-order valence-corrected chi connectivity index (χ2v) is 6.74. The Morgan fingerprint density at radius 1 is 0.870 bits per heavy atom. The second kappa shape index (κ2) is 6.19. The van der Waals surface area contributed by atoms with E-state index in [9.17, 15) is 4.79 Å². The van der Waals surface area contributed by atoms with Crippen LogP contribution in [0.1, 0.15) is 42.9 Å². The number of nitrogens with zero attached hydrogens (tertiary/aromatic N) is 1. The van der Waals surface area contributed by atoms with Gasteiger partial charge in [0.15, 0.2) is 0 Å². The van der Waals surface area contributed by atoms with Crippen molar-refractivity contribution in [3.8, 4) is 0 Å². The first-order valence-electron chi connectivity index (χ1n) is 8.77. The highest BCUT2D eigenvalue weighted by Gasteiger charge is 2.38. The minimum absolute atomic E-state index is 0.144. The first-order valence-corrected chi connectivity index (χ1v) is 8.77. The molecule has 2 unspecified atom stereocenters. The molecule has 23 heavy (non-hydrogen) atoms. The number of carbonyl (C=O) groups excluding carboxylic acids is 1. The molecule has 0 amide bonds. The number of carbonyl (C=O) groups is 1. The molecule has 0 aromatic heterocycles.